The summed E-state index contributed by atoms with van der Waals surface area (Å²) in [6.07, 6.45) is 0.402. The lowest BCUT2D eigenvalue weighted by Gasteiger charge is -2.26. The fraction of sp³-hybridized carbons (Fsp3) is 0.625. The molecule has 1 heterocycles. The van der Waals surface area contributed by atoms with E-state index in [1.165, 1.54) is 24.3 Å². The van der Waals surface area contributed by atoms with E-state index in [0.29, 0.717) is 12.3 Å². The lowest BCUT2D eigenvalue weighted by molar-refractivity contribution is -0.384. The van der Waals surface area contributed by atoms with Crippen molar-refractivity contribution in [1.82, 2.24) is 10.2 Å². The van der Waals surface area contributed by atoms with Gasteiger partial charge in [-0.3, -0.25) is 15.0 Å². The van der Waals surface area contributed by atoms with E-state index in [9.17, 15) is 15.2 Å². The molecular weight excluding hydrogens is 314 g/mol. The van der Waals surface area contributed by atoms with Crippen molar-refractivity contribution in [3.8, 4) is 5.75 Å². The number of nitro groups is 1. The van der Waals surface area contributed by atoms with Gasteiger partial charge in [0.1, 0.15) is 18.5 Å². The zero-order valence-electron chi connectivity index (χ0n) is 13.7. The molecule has 1 aliphatic rings. The summed E-state index contributed by atoms with van der Waals surface area (Å²) in [6.45, 7) is 6.08. The van der Waals surface area contributed by atoms with Gasteiger partial charge in [-0.25, -0.2) is 0 Å². The molecule has 0 bridgehead atoms. The Hall–Kier alpha value is -1.74. The molecule has 0 amide bonds. The number of ether oxygens (including phenoxy) is 2. The molecule has 1 saturated heterocycles. The molecule has 134 valence electrons. The van der Waals surface area contributed by atoms with Crippen molar-refractivity contribution in [3.63, 3.8) is 0 Å². The van der Waals surface area contributed by atoms with E-state index in [1.807, 2.05) is 0 Å². The average Bonchev–Trinajstić information content (AvgIpc) is 2.61. The van der Waals surface area contributed by atoms with Crippen molar-refractivity contribution in [2.75, 3.05) is 52.5 Å². The van der Waals surface area contributed by atoms with Crippen LogP contribution < -0.4 is 10.1 Å². The van der Waals surface area contributed by atoms with Crippen LogP contribution >= 0.6 is 0 Å². The van der Waals surface area contributed by atoms with E-state index in [4.69, 9.17) is 9.47 Å². The van der Waals surface area contributed by atoms with E-state index in [1.54, 1.807) is 0 Å². The first-order chi connectivity index (χ1) is 11.6. The molecule has 1 fully saturated rings. The van der Waals surface area contributed by atoms with Gasteiger partial charge in [0.05, 0.1) is 18.1 Å². The summed E-state index contributed by atoms with van der Waals surface area (Å²) in [5, 5.41) is 23.6. The number of hydrogen-bond acceptors (Lipinski definition) is 7. The molecule has 0 saturated carbocycles. The molecular formula is C16H25N3O5. The molecule has 0 spiro atoms. The van der Waals surface area contributed by atoms with Gasteiger partial charge in [0.2, 0.25) is 0 Å². The minimum Gasteiger partial charge on any atom is -0.491 e. The molecule has 1 aliphatic heterocycles. The van der Waals surface area contributed by atoms with Gasteiger partial charge in [-0.1, -0.05) is 0 Å². The van der Waals surface area contributed by atoms with E-state index >= 15 is 0 Å². The van der Waals surface area contributed by atoms with Gasteiger partial charge in [0.15, 0.2) is 0 Å². The first-order valence-electron chi connectivity index (χ1n) is 8.21. The van der Waals surface area contributed by atoms with Gasteiger partial charge in [0.25, 0.3) is 5.69 Å². The fourth-order valence-corrected chi connectivity index (χ4v) is 2.44. The quantitative estimate of drug-likeness (QED) is 0.367. The van der Waals surface area contributed by atoms with Crippen LogP contribution in [0, 0.1) is 10.1 Å². The number of rotatable bonds is 10. The van der Waals surface area contributed by atoms with Crippen LogP contribution in [-0.2, 0) is 4.74 Å². The zero-order valence-corrected chi connectivity index (χ0v) is 13.7. The lowest BCUT2D eigenvalue weighted by Crippen LogP contribution is -2.38. The number of morpholine rings is 1. The number of hydrogen-bond donors (Lipinski definition) is 2. The number of nitro benzene ring substituents is 1. The number of aliphatic hydroxyl groups excluding tert-OH is 1. The van der Waals surface area contributed by atoms with Gasteiger partial charge in [-0.05, 0) is 31.6 Å². The minimum absolute atomic E-state index is 0.0184. The van der Waals surface area contributed by atoms with Crippen molar-refractivity contribution >= 4 is 5.69 Å². The predicted molar refractivity (Wildman–Crippen MR) is 89.3 cm³/mol. The molecule has 8 nitrogen and oxygen atoms in total. The average molecular weight is 339 g/mol. The Labute approximate surface area is 141 Å². The van der Waals surface area contributed by atoms with Gasteiger partial charge in [-0.15, -0.1) is 0 Å². The largest absolute Gasteiger partial charge is 0.491 e. The number of nitrogens with one attached hydrogen (secondary N) is 1. The van der Waals surface area contributed by atoms with Crippen LogP contribution in [0.2, 0.25) is 0 Å². The monoisotopic (exact) mass is 339 g/mol. The van der Waals surface area contributed by atoms with Crippen molar-refractivity contribution in [2.24, 2.45) is 0 Å². The van der Waals surface area contributed by atoms with Crippen LogP contribution in [0.5, 0.6) is 5.75 Å². The summed E-state index contributed by atoms with van der Waals surface area (Å²) >= 11 is 0. The summed E-state index contributed by atoms with van der Waals surface area (Å²) in [7, 11) is 0. The van der Waals surface area contributed by atoms with Gasteiger partial charge < -0.3 is 19.9 Å². The summed E-state index contributed by atoms with van der Waals surface area (Å²) < 4.78 is 10.7. The highest BCUT2D eigenvalue weighted by molar-refractivity contribution is 5.35. The summed E-state index contributed by atoms with van der Waals surface area (Å²) in [5.41, 5.74) is 0.0184. The topological polar surface area (TPSA) is 97.1 Å². The molecule has 8 heteroatoms. The molecule has 0 radical (unpaired) electrons. The van der Waals surface area contributed by atoms with E-state index < -0.39 is 11.0 Å². The molecule has 0 aliphatic carbocycles. The Morgan fingerprint density at radius 2 is 2.04 bits per heavy atom. The zero-order chi connectivity index (χ0) is 17.2. The fourth-order valence-electron chi connectivity index (χ4n) is 2.44. The SMILES string of the molecule is O=[N+]([O-])c1ccc(OCC(O)CNCCCN2CCOCC2)cc1. The number of nitrogens with zero attached hydrogens (tertiary/aromatic N) is 2. The van der Waals surface area contributed by atoms with Crippen LogP contribution in [0.4, 0.5) is 5.69 Å². The number of non-ortho nitro benzene ring substituents is 1. The Kier molecular flexibility index (Phi) is 7.90. The summed E-state index contributed by atoms with van der Waals surface area (Å²) in [6, 6.07) is 5.82. The van der Waals surface area contributed by atoms with Crippen molar-refractivity contribution in [1.29, 1.82) is 0 Å². The van der Waals surface area contributed by atoms with Crippen LogP contribution in [0.3, 0.4) is 0 Å². The first-order valence-corrected chi connectivity index (χ1v) is 8.21. The van der Waals surface area contributed by atoms with Crippen molar-refractivity contribution in [2.45, 2.75) is 12.5 Å². The van der Waals surface area contributed by atoms with E-state index in [-0.39, 0.29) is 12.3 Å². The van der Waals surface area contributed by atoms with E-state index in [0.717, 1.165) is 45.8 Å². The third-order valence-electron chi connectivity index (χ3n) is 3.80. The highest BCUT2D eigenvalue weighted by Crippen LogP contribution is 2.17. The lowest BCUT2D eigenvalue weighted by atomic mass is 10.3. The molecule has 1 aromatic carbocycles. The summed E-state index contributed by atoms with van der Waals surface area (Å²) in [4.78, 5) is 12.5. The summed E-state index contributed by atoms with van der Waals surface area (Å²) in [5.74, 6) is 0.506. The Morgan fingerprint density at radius 3 is 2.71 bits per heavy atom. The van der Waals surface area contributed by atoms with E-state index in [2.05, 4.69) is 10.2 Å². The molecule has 1 atom stereocenters. The van der Waals surface area contributed by atoms with Gasteiger partial charge in [-0.2, -0.15) is 0 Å². The molecule has 24 heavy (non-hydrogen) atoms. The van der Waals surface area contributed by atoms with Gasteiger partial charge in [0, 0.05) is 31.8 Å². The van der Waals surface area contributed by atoms with Gasteiger partial charge >= 0.3 is 0 Å². The maximum absolute atomic E-state index is 10.6. The second-order valence-corrected chi connectivity index (χ2v) is 5.73. The molecule has 1 unspecified atom stereocenters. The molecule has 0 aromatic heterocycles. The van der Waals surface area contributed by atoms with Crippen LogP contribution in [0.1, 0.15) is 6.42 Å². The number of aliphatic hydroxyl groups is 1. The third kappa shape index (κ3) is 6.79. The normalized spacial score (nSPS) is 16.7. The van der Waals surface area contributed by atoms with Crippen LogP contribution in [0.15, 0.2) is 24.3 Å². The highest BCUT2D eigenvalue weighted by atomic mass is 16.6. The minimum atomic E-state index is -0.622. The Bertz CT molecular complexity index is 491. The molecule has 2 N–H and O–H groups in total. The third-order valence-corrected chi connectivity index (χ3v) is 3.80. The first kappa shape index (κ1) is 18.6. The molecule has 2 rings (SSSR count). The Balaban J connectivity index is 1.53. The smallest absolute Gasteiger partial charge is 0.269 e. The van der Waals surface area contributed by atoms with Crippen molar-refractivity contribution in [3.05, 3.63) is 34.4 Å². The maximum atomic E-state index is 10.6. The van der Waals surface area contributed by atoms with Crippen LogP contribution in [0.25, 0.3) is 0 Å². The maximum Gasteiger partial charge on any atom is 0.269 e. The van der Waals surface area contributed by atoms with Crippen LogP contribution in [-0.4, -0.2) is 73.6 Å². The standard InChI is InChI=1S/C16H25N3O5/c20-15(12-17-6-1-7-18-8-10-23-11-9-18)13-24-16-4-2-14(3-5-16)19(21)22/h2-5,15,17,20H,1,6-13H2. The molecule has 1 aromatic rings. The Morgan fingerprint density at radius 1 is 1.33 bits per heavy atom. The second-order valence-electron chi connectivity index (χ2n) is 5.73. The number of benzene rings is 1. The highest BCUT2D eigenvalue weighted by Gasteiger charge is 2.10. The van der Waals surface area contributed by atoms with Crippen molar-refractivity contribution < 1.29 is 19.5 Å². The second kappa shape index (κ2) is 10.2. The predicted octanol–water partition coefficient (Wildman–Crippen LogP) is 0.646.